The second-order valence-corrected chi connectivity index (χ2v) is 6.69. The third-order valence-corrected chi connectivity index (χ3v) is 4.56. The van der Waals surface area contributed by atoms with Crippen molar-refractivity contribution in [2.24, 2.45) is 0 Å². The van der Waals surface area contributed by atoms with Crippen LogP contribution in [0.2, 0.25) is 0 Å². The maximum atomic E-state index is 5.02. The third kappa shape index (κ3) is 5.86. The number of thiophene rings is 1. The predicted octanol–water partition coefficient (Wildman–Crippen LogP) is 5.78. The van der Waals surface area contributed by atoms with Crippen LogP contribution in [0.25, 0.3) is 6.08 Å². The van der Waals surface area contributed by atoms with Gasteiger partial charge in [0.25, 0.3) is 0 Å². The number of hydrogen-bond donors (Lipinski definition) is 0. The van der Waals surface area contributed by atoms with E-state index >= 15 is 0 Å². The van der Waals surface area contributed by atoms with E-state index < -0.39 is 0 Å². The zero-order valence-corrected chi connectivity index (χ0v) is 14.8. The van der Waals surface area contributed by atoms with Crippen molar-refractivity contribution >= 4 is 17.4 Å². The van der Waals surface area contributed by atoms with Crippen molar-refractivity contribution in [2.75, 3.05) is 13.7 Å². The van der Waals surface area contributed by atoms with Crippen molar-refractivity contribution in [1.29, 1.82) is 0 Å². The van der Waals surface area contributed by atoms with Gasteiger partial charge in [-0.05, 0) is 45.7 Å². The average Bonchev–Trinajstić information content (AvgIpc) is 2.68. The summed E-state index contributed by atoms with van der Waals surface area (Å²) in [6, 6.07) is 0. The van der Waals surface area contributed by atoms with Crippen LogP contribution in [0.5, 0.6) is 0 Å². The first-order chi connectivity index (χ1) is 9.95. The number of aryl methyl sites for hydroxylation is 2. The van der Waals surface area contributed by atoms with Crippen molar-refractivity contribution in [3.05, 3.63) is 62.4 Å². The smallest absolute Gasteiger partial charge is 0.0649 e. The zero-order valence-electron chi connectivity index (χ0n) is 14.0. The van der Waals surface area contributed by atoms with Gasteiger partial charge in [-0.15, -0.1) is 11.3 Å². The van der Waals surface area contributed by atoms with Crippen LogP contribution in [-0.2, 0) is 4.74 Å². The molecule has 0 fully saturated rings. The fraction of sp³-hybridized carbons (Fsp3) is 0.368. The lowest BCUT2D eigenvalue weighted by Crippen LogP contribution is -1.82. The molecule has 1 nitrogen and oxygen atoms in total. The summed E-state index contributed by atoms with van der Waals surface area (Å²) in [5.74, 6) is 0. The third-order valence-electron chi connectivity index (χ3n) is 3.42. The monoisotopic (exact) mass is 302 g/mol. The zero-order chi connectivity index (χ0) is 15.8. The lowest BCUT2D eigenvalue weighted by Gasteiger charge is -1.96. The molecule has 0 unspecified atom stereocenters. The van der Waals surface area contributed by atoms with E-state index in [1.807, 2.05) is 11.3 Å². The standard InChI is InChI=1S/C19H26OS/c1-14(8-7-9-15(2)12-13-20-6)10-11-19-16(3)17(4)21-18(19)5/h7-12H,13H2,1-6H3. The molecule has 1 heterocycles. The minimum Gasteiger partial charge on any atom is -0.381 e. The molecule has 0 bridgehead atoms. The maximum Gasteiger partial charge on any atom is 0.0649 e. The van der Waals surface area contributed by atoms with E-state index in [1.54, 1.807) is 7.11 Å². The summed E-state index contributed by atoms with van der Waals surface area (Å²) in [4.78, 5) is 2.80. The van der Waals surface area contributed by atoms with Crippen LogP contribution in [0.4, 0.5) is 0 Å². The van der Waals surface area contributed by atoms with Gasteiger partial charge in [-0.3, -0.25) is 0 Å². The molecule has 0 saturated heterocycles. The Bertz CT molecular complexity index is 583. The lowest BCUT2D eigenvalue weighted by atomic mass is 10.1. The summed E-state index contributed by atoms with van der Waals surface area (Å²) in [5, 5.41) is 0. The van der Waals surface area contributed by atoms with E-state index in [1.165, 1.54) is 32.0 Å². The Morgan fingerprint density at radius 3 is 2.33 bits per heavy atom. The van der Waals surface area contributed by atoms with Gasteiger partial charge in [-0.2, -0.15) is 0 Å². The molecule has 1 aromatic heterocycles. The van der Waals surface area contributed by atoms with Crippen LogP contribution in [0.3, 0.4) is 0 Å². The first kappa shape index (κ1) is 17.7. The van der Waals surface area contributed by atoms with Crippen LogP contribution in [-0.4, -0.2) is 13.7 Å². The second-order valence-electron chi connectivity index (χ2n) is 5.26. The Morgan fingerprint density at radius 2 is 1.76 bits per heavy atom. The molecule has 0 aliphatic heterocycles. The predicted molar refractivity (Wildman–Crippen MR) is 96.1 cm³/mol. The van der Waals surface area contributed by atoms with Gasteiger partial charge in [0.05, 0.1) is 6.61 Å². The van der Waals surface area contributed by atoms with Crippen LogP contribution < -0.4 is 0 Å². The van der Waals surface area contributed by atoms with Gasteiger partial charge >= 0.3 is 0 Å². The topological polar surface area (TPSA) is 9.23 Å². The van der Waals surface area contributed by atoms with E-state index in [0.717, 1.165) is 0 Å². The minimum absolute atomic E-state index is 0.662. The van der Waals surface area contributed by atoms with E-state index in [9.17, 15) is 0 Å². The van der Waals surface area contributed by atoms with E-state index in [0.29, 0.717) is 6.61 Å². The summed E-state index contributed by atoms with van der Waals surface area (Å²) >= 11 is 1.87. The first-order valence-electron chi connectivity index (χ1n) is 7.21. The average molecular weight is 302 g/mol. The van der Waals surface area contributed by atoms with Gasteiger partial charge in [-0.1, -0.05) is 47.6 Å². The number of hydrogen-bond acceptors (Lipinski definition) is 2. The highest BCUT2D eigenvalue weighted by atomic mass is 32.1. The lowest BCUT2D eigenvalue weighted by molar-refractivity contribution is 0.233. The molecule has 1 aromatic rings. The quantitative estimate of drug-likeness (QED) is 0.605. The first-order valence-corrected chi connectivity index (χ1v) is 8.02. The van der Waals surface area contributed by atoms with Gasteiger partial charge in [0.15, 0.2) is 0 Å². The Balaban J connectivity index is 2.72. The van der Waals surface area contributed by atoms with Crippen molar-refractivity contribution in [3.8, 4) is 0 Å². The summed E-state index contributed by atoms with van der Waals surface area (Å²) in [7, 11) is 1.71. The maximum absolute atomic E-state index is 5.02. The number of ether oxygens (including phenoxy) is 1. The van der Waals surface area contributed by atoms with Crippen LogP contribution >= 0.6 is 11.3 Å². The van der Waals surface area contributed by atoms with Gasteiger partial charge in [0.2, 0.25) is 0 Å². The molecular formula is C19H26OS. The molecule has 2 heteroatoms. The Kier molecular flexibility index (Phi) is 7.41. The van der Waals surface area contributed by atoms with E-state index in [4.69, 9.17) is 4.74 Å². The molecule has 1 rings (SSSR count). The molecule has 0 aromatic carbocycles. The fourth-order valence-corrected chi connectivity index (χ4v) is 3.02. The Labute approximate surface area is 133 Å². The Morgan fingerprint density at radius 1 is 1.05 bits per heavy atom. The molecule has 0 amide bonds. The van der Waals surface area contributed by atoms with Gasteiger partial charge in [0, 0.05) is 16.9 Å². The highest BCUT2D eigenvalue weighted by Crippen LogP contribution is 2.27. The van der Waals surface area contributed by atoms with Crippen LogP contribution in [0.15, 0.2) is 41.5 Å². The highest BCUT2D eigenvalue weighted by Gasteiger charge is 2.05. The highest BCUT2D eigenvalue weighted by molar-refractivity contribution is 7.12. The van der Waals surface area contributed by atoms with Crippen molar-refractivity contribution in [3.63, 3.8) is 0 Å². The van der Waals surface area contributed by atoms with Crippen molar-refractivity contribution < 1.29 is 4.74 Å². The number of rotatable bonds is 6. The van der Waals surface area contributed by atoms with Gasteiger partial charge in [-0.25, -0.2) is 0 Å². The van der Waals surface area contributed by atoms with E-state index in [2.05, 4.69) is 71.1 Å². The van der Waals surface area contributed by atoms with E-state index in [-0.39, 0.29) is 0 Å². The molecule has 0 aliphatic rings. The molecule has 0 radical (unpaired) electrons. The molecule has 0 atom stereocenters. The van der Waals surface area contributed by atoms with Gasteiger partial charge in [0.1, 0.15) is 0 Å². The summed E-state index contributed by atoms with van der Waals surface area (Å²) in [5.41, 5.74) is 5.22. The molecule has 0 N–H and O–H groups in total. The minimum atomic E-state index is 0.662. The summed E-state index contributed by atoms with van der Waals surface area (Å²) in [6.07, 6.45) is 12.8. The fourth-order valence-electron chi connectivity index (χ4n) is 1.96. The number of methoxy groups -OCH3 is 1. The van der Waals surface area contributed by atoms with Gasteiger partial charge < -0.3 is 4.74 Å². The molecule has 0 spiro atoms. The largest absolute Gasteiger partial charge is 0.381 e. The van der Waals surface area contributed by atoms with Crippen molar-refractivity contribution in [1.82, 2.24) is 0 Å². The number of allylic oxidation sites excluding steroid dienone is 6. The Hall–Kier alpha value is -1.38. The summed E-state index contributed by atoms with van der Waals surface area (Å²) < 4.78 is 5.02. The van der Waals surface area contributed by atoms with Crippen molar-refractivity contribution in [2.45, 2.75) is 34.6 Å². The molecule has 0 saturated carbocycles. The molecular weight excluding hydrogens is 276 g/mol. The van der Waals surface area contributed by atoms with Crippen LogP contribution in [0.1, 0.15) is 34.7 Å². The molecule has 21 heavy (non-hydrogen) atoms. The SMILES string of the molecule is COCC=C(C)C=CC=C(C)C=Cc1c(C)sc(C)c1C. The second kappa shape index (κ2) is 8.81. The van der Waals surface area contributed by atoms with Crippen LogP contribution in [0, 0.1) is 20.8 Å². The molecule has 114 valence electrons. The summed E-state index contributed by atoms with van der Waals surface area (Å²) in [6.45, 7) is 11.4. The normalized spacial score (nSPS) is 13.8. The molecule has 0 aliphatic carbocycles.